The lowest BCUT2D eigenvalue weighted by Gasteiger charge is -2.16. The van der Waals surface area contributed by atoms with Crippen LogP contribution >= 0.6 is 0 Å². The molecule has 2 rings (SSSR count). The minimum absolute atomic E-state index is 0.138. The maximum atomic E-state index is 12.0. The second-order valence-electron chi connectivity index (χ2n) is 6.11. The summed E-state index contributed by atoms with van der Waals surface area (Å²) in [6.07, 6.45) is 6.35. The van der Waals surface area contributed by atoms with Crippen LogP contribution in [0.4, 0.5) is 0 Å². The normalized spacial score (nSPS) is 24.4. The van der Waals surface area contributed by atoms with E-state index in [9.17, 15) is 8.42 Å². The van der Waals surface area contributed by atoms with Crippen LogP contribution in [0.5, 0.6) is 0 Å². The summed E-state index contributed by atoms with van der Waals surface area (Å²) < 4.78 is 26.9. The largest absolute Gasteiger partial charge is 0.317 e. The highest BCUT2D eigenvalue weighted by Crippen LogP contribution is 2.29. The Balaban J connectivity index is 1.58. The molecule has 0 bridgehead atoms. The van der Waals surface area contributed by atoms with Gasteiger partial charge in [0, 0.05) is 25.2 Å². The highest BCUT2D eigenvalue weighted by atomic mass is 32.2. The molecule has 0 spiro atoms. The van der Waals surface area contributed by atoms with Crippen LogP contribution in [0.2, 0.25) is 0 Å². The van der Waals surface area contributed by atoms with E-state index in [1.54, 1.807) is 0 Å². The first-order chi connectivity index (χ1) is 9.61. The Hall–Kier alpha value is -0.170. The zero-order chi connectivity index (χ0) is 14.4. The summed E-state index contributed by atoms with van der Waals surface area (Å²) in [6.45, 7) is 6.03. The molecule has 118 valence electrons. The SMILES string of the molecule is CCCNCCCCS(=O)(=O)NC1CCN(C2CC2)C1. The lowest BCUT2D eigenvalue weighted by molar-refractivity contribution is 0.322. The summed E-state index contributed by atoms with van der Waals surface area (Å²) >= 11 is 0. The molecule has 0 aromatic carbocycles. The van der Waals surface area contributed by atoms with Gasteiger partial charge < -0.3 is 5.32 Å². The van der Waals surface area contributed by atoms with Gasteiger partial charge >= 0.3 is 0 Å². The molecule has 20 heavy (non-hydrogen) atoms. The van der Waals surface area contributed by atoms with E-state index in [2.05, 4.69) is 21.9 Å². The molecule has 1 aliphatic heterocycles. The number of nitrogens with one attached hydrogen (secondary N) is 2. The first kappa shape index (κ1) is 16.2. The topological polar surface area (TPSA) is 61.4 Å². The average molecular weight is 303 g/mol. The van der Waals surface area contributed by atoms with Crippen molar-refractivity contribution < 1.29 is 8.42 Å². The predicted molar refractivity (Wildman–Crippen MR) is 82.3 cm³/mol. The zero-order valence-electron chi connectivity index (χ0n) is 12.6. The zero-order valence-corrected chi connectivity index (χ0v) is 13.4. The number of sulfonamides is 1. The molecule has 2 aliphatic rings. The van der Waals surface area contributed by atoms with Crippen molar-refractivity contribution >= 4 is 10.0 Å². The molecule has 1 saturated carbocycles. The predicted octanol–water partition coefficient (Wildman–Crippen LogP) is 0.922. The van der Waals surface area contributed by atoms with Gasteiger partial charge in [0.1, 0.15) is 0 Å². The van der Waals surface area contributed by atoms with Gasteiger partial charge in [0.05, 0.1) is 5.75 Å². The molecule has 1 aliphatic carbocycles. The minimum Gasteiger partial charge on any atom is -0.317 e. The Kier molecular flexibility index (Phi) is 6.26. The molecule has 0 amide bonds. The average Bonchev–Trinajstić information content (AvgIpc) is 3.15. The lowest BCUT2D eigenvalue weighted by atomic mass is 10.3. The summed E-state index contributed by atoms with van der Waals surface area (Å²) in [5, 5.41) is 3.30. The van der Waals surface area contributed by atoms with Crippen molar-refractivity contribution in [2.24, 2.45) is 0 Å². The van der Waals surface area contributed by atoms with Gasteiger partial charge in [0.2, 0.25) is 10.0 Å². The van der Waals surface area contributed by atoms with Crippen LogP contribution in [0.15, 0.2) is 0 Å². The van der Waals surface area contributed by atoms with Gasteiger partial charge in [-0.3, -0.25) is 4.90 Å². The van der Waals surface area contributed by atoms with E-state index in [0.717, 1.165) is 57.9 Å². The fourth-order valence-corrected chi connectivity index (χ4v) is 4.21. The molecule has 0 aromatic heterocycles. The lowest BCUT2D eigenvalue weighted by Crippen LogP contribution is -2.38. The number of unbranched alkanes of at least 4 members (excludes halogenated alkanes) is 1. The second kappa shape index (κ2) is 7.73. The van der Waals surface area contributed by atoms with Gasteiger partial charge in [-0.2, -0.15) is 0 Å². The number of rotatable bonds is 10. The summed E-state index contributed by atoms with van der Waals surface area (Å²) in [4.78, 5) is 2.43. The van der Waals surface area contributed by atoms with E-state index in [-0.39, 0.29) is 11.8 Å². The Bertz CT molecular complexity index is 382. The van der Waals surface area contributed by atoms with Crippen molar-refractivity contribution in [2.45, 2.75) is 57.5 Å². The Morgan fingerprint density at radius 2 is 1.95 bits per heavy atom. The first-order valence-corrected chi connectivity index (χ1v) is 9.70. The molecule has 0 aromatic rings. The molecule has 0 radical (unpaired) electrons. The van der Waals surface area contributed by atoms with Gasteiger partial charge in [0.25, 0.3) is 0 Å². The monoisotopic (exact) mass is 303 g/mol. The highest BCUT2D eigenvalue weighted by molar-refractivity contribution is 7.89. The molecular weight excluding hydrogens is 274 g/mol. The van der Waals surface area contributed by atoms with E-state index in [4.69, 9.17) is 0 Å². The fourth-order valence-electron chi connectivity index (χ4n) is 2.81. The van der Waals surface area contributed by atoms with Gasteiger partial charge in [-0.05, 0) is 51.6 Å². The van der Waals surface area contributed by atoms with Crippen LogP contribution in [0.25, 0.3) is 0 Å². The van der Waals surface area contributed by atoms with E-state index >= 15 is 0 Å². The number of nitrogens with zero attached hydrogens (tertiary/aromatic N) is 1. The van der Waals surface area contributed by atoms with Crippen molar-refractivity contribution in [1.29, 1.82) is 0 Å². The standard InChI is InChI=1S/C14H29N3O2S/c1-2-8-15-9-3-4-11-20(18,19)16-13-7-10-17(12-13)14-5-6-14/h13-16H,2-12H2,1H3. The van der Waals surface area contributed by atoms with Gasteiger partial charge in [-0.1, -0.05) is 6.92 Å². The molecule has 2 fully saturated rings. The van der Waals surface area contributed by atoms with Crippen LogP contribution in [0, 0.1) is 0 Å². The number of hydrogen-bond donors (Lipinski definition) is 2. The van der Waals surface area contributed by atoms with Gasteiger partial charge in [-0.15, -0.1) is 0 Å². The van der Waals surface area contributed by atoms with Crippen molar-refractivity contribution in [3.63, 3.8) is 0 Å². The number of likely N-dealkylation sites (tertiary alicyclic amines) is 1. The van der Waals surface area contributed by atoms with Crippen molar-refractivity contribution in [2.75, 3.05) is 31.9 Å². The Morgan fingerprint density at radius 1 is 1.15 bits per heavy atom. The summed E-state index contributed by atoms with van der Waals surface area (Å²) in [5.41, 5.74) is 0. The highest BCUT2D eigenvalue weighted by Gasteiger charge is 2.35. The Labute approximate surface area is 123 Å². The summed E-state index contributed by atoms with van der Waals surface area (Å²) in [5.74, 6) is 0.265. The minimum atomic E-state index is -3.09. The molecule has 1 saturated heterocycles. The van der Waals surface area contributed by atoms with Crippen molar-refractivity contribution in [3.05, 3.63) is 0 Å². The van der Waals surface area contributed by atoms with E-state index in [1.807, 2.05) is 0 Å². The molecular formula is C14H29N3O2S. The maximum absolute atomic E-state index is 12.0. The fraction of sp³-hybridized carbons (Fsp3) is 1.00. The molecule has 1 heterocycles. The Morgan fingerprint density at radius 3 is 2.65 bits per heavy atom. The van der Waals surface area contributed by atoms with Crippen LogP contribution < -0.4 is 10.0 Å². The van der Waals surface area contributed by atoms with Crippen LogP contribution in [0.3, 0.4) is 0 Å². The molecule has 1 unspecified atom stereocenters. The first-order valence-electron chi connectivity index (χ1n) is 8.05. The molecule has 6 heteroatoms. The van der Waals surface area contributed by atoms with Gasteiger partial charge in [-0.25, -0.2) is 13.1 Å². The second-order valence-corrected chi connectivity index (χ2v) is 7.98. The molecule has 5 nitrogen and oxygen atoms in total. The third kappa shape index (κ3) is 5.68. The van der Waals surface area contributed by atoms with E-state index < -0.39 is 10.0 Å². The summed E-state index contributed by atoms with van der Waals surface area (Å²) in [6, 6.07) is 0.882. The summed E-state index contributed by atoms with van der Waals surface area (Å²) in [7, 11) is -3.09. The van der Waals surface area contributed by atoms with Crippen LogP contribution in [0.1, 0.15) is 45.4 Å². The number of hydrogen-bond acceptors (Lipinski definition) is 4. The quantitative estimate of drug-likeness (QED) is 0.589. The smallest absolute Gasteiger partial charge is 0.211 e. The van der Waals surface area contributed by atoms with E-state index in [1.165, 1.54) is 12.8 Å². The van der Waals surface area contributed by atoms with Crippen molar-refractivity contribution in [3.8, 4) is 0 Å². The molecule has 2 N–H and O–H groups in total. The third-order valence-corrected chi connectivity index (χ3v) is 5.59. The van der Waals surface area contributed by atoms with Crippen LogP contribution in [-0.4, -0.2) is 57.3 Å². The van der Waals surface area contributed by atoms with Crippen LogP contribution in [-0.2, 0) is 10.0 Å². The van der Waals surface area contributed by atoms with Crippen molar-refractivity contribution in [1.82, 2.24) is 14.9 Å². The van der Waals surface area contributed by atoms with Gasteiger partial charge in [0.15, 0.2) is 0 Å². The molecule has 1 atom stereocenters. The van der Waals surface area contributed by atoms with E-state index in [0.29, 0.717) is 0 Å². The maximum Gasteiger partial charge on any atom is 0.211 e. The third-order valence-electron chi connectivity index (χ3n) is 4.07.